The lowest BCUT2D eigenvalue weighted by Crippen LogP contribution is -2.30. The molecule has 80 heavy (non-hydrogen) atoms. The summed E-state index contributed by atoms with van der Waals surface area (Å²) in [7, 11) is 0. The van der Waals surface area contributed by atoms with E-state index in [1.54, 1.807) is 0 Å². The second kappa shape index (κ2) is 67.8. The predicted molar refractivity (Wildman–Crippen MR) is 348 cm³/mol. The molecule has 0 aliphatic heterocycles. The number of esters is 3. The van der Waals surface area contributed by atoms with Gasteiger partial charge in [0.25, 0.3) is 0 Å². The normalized spacial score (nSPS) is 12.7. The Morgan fingerprint density at radius 1 is 0.263 bits per heavy atom. The number of hydrogen-bond donors (Lipinski definition) is 0. The third-order valence-corrected chi connectivity index (χ3v) is 14.8. The number of ether oxygens (including phenoxy) is 3. The average molecular weight is 1110 g/mol. The molecule has 0 aromatic rings. The lowest BCUT2D eigenvalue weighted by Gasteiger charge is -2.18. The molecule has 6 heteroatoms. The van der Waals surface area contributed by atoms with E-state index >= 15 is 0 Å². The first-order valence-electron chi connectivity index (χ1n) is 34.2. The maximum absolute atomic E-state index is 12.9. The third kappa shape index (κ3) is 65.1. The first-order valence-corrected chi connectivity index (χ1v) is 34.2. The number of rotatable bonds is 62. The minimum Gasteiger partial charge on any atom is -0.462 e. The number of carbonyl (C=O) groups is 3. The van der Waals surface area contributed by atoms with Crippen molar-refractivity contribution in [2.45, 2.75) is 341 Å². The van der Waals surface area contributed by atoms with Gasteiger partial charge in [0.2, 0.25) is 0 Å². The highest BCUT2D eigenvalue weighted by molar-refractivity contribution is 5.71. The van der Waals surface area contributed by atoms with Crippen molar-refractivity contribution in [2.24, 2.45) is 0 Å². The number of carbonyl (C=O) groups excluding carboxylic acids is 3. The Hall–Kier alpha value is -3.67. The van der Waals surface area contributed by atoms with E-state index in [1.807, 2.05) is 0 Å². The van der Waals surface area contributed by atoms with Gasteiger partial charge < -0.3 is 14.2 Å². The summed E-state index contributed by atoms with van der Waals surface area (Å²) >= 11 is 0. The van der Waals surface area contributed by atoms with Crippen LogP contribution < -0.4 is 0 Å². The van der Waals surface area contributed by atoms with Crippen LogP contribution in [0.5, 0.6) is 0 Å². The maximum Gasteiger partial charge on any atom is 0.306 e. The number of hydrogen-bond acceptors (Lipinski definition) is 6. The van der Waals surface area contributed by atoms with Gasteiger partial charge in [-0.2, -0.15) is 0 Å². The molecule has 1 atom stereocenters. The first kappa shape index (κ1) is 76.3. The van der Waals surface area contributed by atoms with E-state index in [1.165, 1.54) is 186 Å². The van der Waals surface area contributed by atoms with Gasteiger partial charge in [0, 0.05) is 19.3 Å². The Balaban J connectivity index is 4.28. The average Bonchev–Trinajstić information content (AvgIpc) is 3.46. The summed E-state index contributed by atoms with van der Waals surface area (Å²) in [6.45, 7) is 6.49. The monoisotopic (exact) mass is 1110 g/mol. The largest absolute Gasteiger partial charge is 0.462 e. The second-order valence-corrected chi connectivity index (χ2v) is 22.7. The van der Waals surface area contributed by atoms with Gasteiger partial charge in [0.15, 0.2) is 6.10 Å². The smallest absolute Gasteiger partial charge is 0.306 e. The van der Waals surface area contributed by atoms with Crippen molar-refractivity contribution in [2.75, 3.05) is 13.2 Å². The summed E-state index contributed by atoms with van der Waals surface area (Å²) in [5, 5.41) is 0. The van der Waals surface area contributed by atoms with Gasteiger partial charge in [0.1, 0.15) is 13.2 Å². The van der Waals surface area contributed by atoms with Crippen molar-refractivity contribution >= 4 is 17.9 Å². The van der Waals surface area contributed by atoms with Gasteiger partial charge in [-0.25, -0.2) is 0 Å². The molecule has 0 fully saturated rings. The summed E-state index contributed by atoms with van der Waals surface area (Å²) < 4.78 is 16.9. The molecule has 0 radical (unpaired) electrons. The molecule has 0 spiro atoms. The van der Waals surface area contributed by atoms with Crippen LogP contribution in [-0.2, 0) is 28.6 Å². The first-order chi connectivity index (χ1) is 39.5. The molecule has 0 aliphatic rings. The zero-order chi connectivity index (χ0) is 57.8. The fourth-order valence-corrected chi connectivity index (χ4v) is 9.67. The minimum absolute atomic E-state index is 0.0961. The Labute approximate surface area is 496 Å². The highest BCUT2D eigenvalue weighted by atomic mass is 16.6. The SMILES string of the molecule is CC/C=C\C/C=C\C/C=C\C/C=C\C/C=C\C/C=C\CCCCC(=O)OC(COC(=O)CCCCCCC/C=C\CCCCC)COC(=O)CCCCCCCCCCCCCCCCCCC/C=C\CCCCCCCCCC. The Morgan fingerprint density at radius 2 is 0.487 bits per heavy atom. The summed E-state index contributed by atoms with van der Waals surface area (Å²) in [5.74, 6) is -0.938. The highest BCUT2D eigenvalue weighted by Gasteiger charge is 2.19. The van der Waals surface area contributed by atoms with Crippen LogP contribution in [0.4, 0.5) is 0 Å². The van der Waals surface area contributed by atoms with Crippen molar-refractivity contribution in [1.82, 2.24) is 0 Å². The molecular formula is C74H128O6. The van der Waals surface area contributed by atoms with Gasteiger partial charge in [-0.15, -0.1) is 0 Å². The molecule has 6 nitrogen and oxygen atoms in total. The van der Waals surface area contributed by atoms with E-state index in [-0.39, 0.29) is 37.5 Å². The second-order valence-electron chi connectivity index (χ2n) is 22.7. The van der Waals surface area contributed by atoms with Crippen molar-refractivity contribution in [1.29, 1.82) is 0 Å². The fraction of sp³-hybridized carbons (Fsp3) is 0.743. The van der Waals surface area contributed by atoms with Gasteiger partial charge >= 0.3 is 17.9 Å². The van der Waals surface area contributed by atoms with Crippen LogP contribution in [0.25, 0.3) is 0 Å². The van der Waals surface area contributed by atoms with E-state index in [2.05, 4.69) is 118 Å². The maximum atomic E-state index is 12.9. The molecule has 0 aromatic carbocycles. The number of allylic oxidation sites excluding steroid dienone is 16. The Bertz CT molecular complexity index is 1560. The molecule has 0 rings (SSSR count). The van der Waals surface area contributed by atoms with Crippen LogP contribution in [0.3, 0.4) is 0 Å². The zero-order valence-corrected chi connectivity index (χ0v) is 52.8. The lowest BCUT2D eigenvalue weighted by atomic mass is 10.0. The van der Waals surface area contributed by atoms with Crippen LogP contribution in [0, 0.1) is 0 Å². The van der Waals surface area contributed by atoms with E-state index in [0.29, 0.717) is 19.3 Å². The molecule has 0 saturated heterocycles. The van der Waals surface area contributed by atoms with Gasteiger partial charge in [-0.3, -0.25) is 14.4 Å². The standard InChI is InChI=1S/C74H128O6/c1-4-7-10-13-16-19-22-25-27-29-31-33-34-35-36-37-38-39-40-42-43-45-47-49-52-55-58-61-64-67-73(76)79-70-71(69-78-72(75)66-63-60-57-54-51-24-21-18-15-12-9-6-3)80-74(77)68-65-62-59-56-53-50-48-46-44-41-32-30-28-26-23-20-17-14-11-8-5-2/h8,11,17-18,20-21,26,28-29,31-32,41,46,48,53,56,71H,4-7,9-10,12-16,19,22-25,27,30,33-40,42-45,47,49-52,54-55,57-70H2,1-3H3/b11-8-,20-17-,21-18-,28-26-,31-29-,41-32-,48-46-,56-53-. The molecule has 0 N–H and O–H groups in total. The fourth-order valence-electron chi connectivity index (χ4n) is 9.67. The van der Waals surface area contributed by atoms with Gasteiger partial charge in [0.05, 0.1) is 0 Å². The topological polar surface area (TPSA) is 78.9 Å². The van der Waals surface area contributed by atoms with Crippen LogP contribution in [-0.4, -0.2) is 37.2 Å². The van der Waals surface area contributed by atoms with Crippen molar-refractivity contribution in [3.05, 3.63) is 97.2 Å². The Morgan fingerprint density at radius 3 is 0.825 bits per heavy atom. The molecule has 0 saturated carbocycles. The van der Waals surface area contributed by atoms with Gasteiger partial charge in [-0.1, -0.05) is 291 Å². The van der Waals surface area contributed by atoms with E-state index in [9.17, 15) is 14.4 Å². The molecule has 1 unspecified atom stereocenters. The molecule has 0 heterocycles. The van der Waals surface area contributed by atoms with Crippen LogP contribution in [0.2, 0.25) is 0 Å². The minimum atomic E-state index is -0.805. The molecule has 0 aromatic heterocycles. The van der Waals surface area contributed by atoms with E-state index in [4.69, 9.17) is 14.2 Å². The third-order valence-electron chi connectivity index (χ3n) is 14.8. The Kier molecular flexibility index (Phi) is 64.7. The van der Waals surface area contributed by atoms with Gasteiger partial charge in [-0.05, 0) is 122 Å². The predicted octanol–water partition coefficient (Wildman–Crippen LogP) is 23.6. The lowest BCUT2D eigenvalue weighted by molar-refractivity contribution is -0.167. The molecule has 0 aliphatic carbocycles. The summed E-state index contributed by atoms with van der Waals surface area (Å²) in [6.07, 6.45) is 91.6. The molecular weight excluding hydrogens is 985 g/mol. The van der Waals surface area contributed by atoms with Crippen LogP contribution in [0.15, 0.2) is 97.2 Å². The molecule has 0 bridgehead atoms. The quantitative estimate of drug-likeness (QED) is 0.0261. The van der Waals surface area contributed by atoms with E-state index < -0.39 is 6.10 Å². The summed E-state index contributed by atoms with van der Waals surface area (Å²) in [4.78, 5) is 38.3. The van der Waals surface area contributed by atoms with Crippen molar-refractivity contribution in [3.63, 3.8) is 0 Å². The summed E-state index contributed by atoms with van der Waals surface area (Å²) in [5.41, 5.74) is 0. The number of unbranched alkanes of at least 4 members (excludes halogenated alkanes) is 35. The highest BCUT2D eigenvalue weighted by Crippen LogP contribution is 2.17. The zero-order valence-electron chi connectivity index (χ0n) is 52.8. The molecule has 460 valence electrons. The molecule has 0 amide bonds. The van der Waals surface area contributed by atoms with Crippen molar-refractivity contribution < 1.29 is 28.6 Å². The summed E-state index contributed by atoms with van der Waals surface area (Å²) in [6, 6.07) is 0. The van der Waals surface area contributed by atoms with Crippen LogP contribution >= 0.6 is 0 Å². The van der Waals surface area contributed by atoms with Crippen LogP contribution in [0.1, 0.15) is 335 Å². The van der Waals surface area contributed by atoms with E-state index in [0.717, 1.165) is 103 Å². The van der Waals surface area contributed by atoms with Crippen molar-refractivity contribution in [3.8, 4) is 0 Å².